The highest BCUT2D eigenvalue weighted by molar-refractivity contribution is 5.99. The molecule has 2 aromatic rings. The van der Waals surface area contributed by atoms with Crippen molar-refractivity contribution in [1.29, 1.82) is 0 Å². The fraction of sp³-hybridized carbons (Fsp3) is 0.333. The molecule has 0 saturated heterocycles. The largest absolute Gasteiger partial charge is 0.367 e. The molecule has 1 N–H and O–H groups in total. The summed E-state index contributed by atoms with van der Waals surface area (Å²) >= 11 is 0. The van der Waals surface area contributed by atoms with E-state index in [1.54, 1.807) is 0 Å². The lowest BCUT2D eigenvalue weighted by atomic mass is 9.99. The number of aliphatic imine (C=N–C) groups is 1. The van der Waals surface area contributed by atoms with Gasteiger partial charge >= 0.3 is 0 Å². The summed E-state index contributed by atoms with van der Waals surface area (Å²) in [5, 5.41) is 3.57. The van der Waals surface area contributed by atoms with Crippen molar-refractivity contribution in [3.8, 4) is 0 Å². The molecule has 2 heterocycles. The van der Waals surface area contributed by atoms with E-state index >= 15 is 0 Å². The molecular formula is C18H21N3. The van der Waals surface area contributed by atoms with Gasteiger partial charge in [-0.3, -0.25) is 9.98 Å². The Morgan fingerprint density at radius 3 is 2.52 bits per heavy atom. The molecule has 0 aliphatic carbocycles. The number of amidine groups is 1. The standard InChI is InChI=1S/C18H21N3/c1-14-6-5-9-17(15-10-12-19-13-11-15)21-18(20-14)16-7-3-2-4-8-16/h2-4,7-8,10-14,17H,5-6,9H2,1H3,(H,20,21). The average molecular weight is 279 g/mol. The third-order valence-electron chi connectivity index (χ3n) is 3.92. The van der Waals surface area contributed by atoms with Gasteiger partial charge in [0, 0.05) is 24.0 Å². The van der Waals surface area contributed by atoms with Crippen molar-refractivity contribution in [3.05, 3.63) is 66.0 Å². The van der Waals surface area contributed by atoms with Gasteiger partial charge in [0.1, 0.15) is 5.84 Å². The summed E-state index contributed by atoms with van der Waals surface area (Å²) in [6.07, 6.45) is 7.15. The lowest BCUT2D eigenvalue weighted by Crippen LogP contribution is -2.35. The molecule has 0 amide bonds. The van der Waals surface area contributed by atoms with Crippen LogP contribution in [0.25, 0.3) is 0 Å². The molecule has 3 nitrogen and oxygen atoms in total. The number of aromatic nitrogens is 1. The quantitative estimate of drug-likeness (QED) is 0.909. The number of hydrogen-bond acceptors (Lipinski definition) is 3. The molecule has 21 heavy (non-hydrogen) atoms. The second-order valence-electron chi connectivity index (χ2n) is 5.62. The number of pyridine rings is 1. The molecule has 2 unspecified atom stereocenters. The second kappa shape index (κ2) is 6.53. The Hall–Kier alpha value is -2.16. The van der Waals surface area contributed by atoms with Gasteiger partial charge in [-0.05, 0) is 43.9 Å². The number of nitrogens with one attached hydrogen (secondary N) is 1. The molecular weight excluding hydrogens is 258 g/mol. The summed E-state index contributed by atoms with van der Waals surface area (Å²) < 4.78 is 0. The van der Waals surface area contributed by atoms with Crippen molar-refractivity contribution in [1.82, 2.24) is 10.3 Å². The van der Waals surface area contributed by atoms with Crippen LogP contribution in [0.2, 0.25) is 0 Å². The van der Waals surface area contributed by atoms with E-state index in [4.69, 9.17) is 4.99 Å². The van der Waals surface area contributed by atoms with Crippen molar-refractivity contribution < 1.29 is 0 Å². The number of hydrogen-bond donors (Lipinski definition) is 1. The van der Waals surface area contributed by atoms with Crippen molar-refractivity contribution in [2.75, 3.05) is 0 Å². The zero-order valence-corrected chi connectivity index (χ0v) is 12.4. The van der Waals surface area contributed by atoms with Crippen LogP contribution in [0.3, 0.4) is 0 Å². The minimum Gasteiger partial charge on any atom is -0.367 e. The van der Waals surface area contributed by atoms with Gasteiger partial charge in [0.2, 0.25) is 0 Å². The Bertz CT molecular complexity index is 592. The van der Waals surface area contributed by atoms with Crippen molar-refractivity contribution >= 4 is 5.84 Å². The van der Waals surface area contributed by atoms with Crippen LogP contribution in [0.15, 0.2) is 59.9 Å². The molecule has 3 rings (SSSR count). The molecule has 1 aliphatic rings. The molecule has 108 valence electrons. The van der Waals surface area contributed by atoms with Gasteiger partial charge in [-0.2, -0.15) is 0 Å². The van der Waals surface area contributed by atoms with E-state index in [1.165, 1.54) is 18.4 Å². The van der Waals surface area contributed by atoms with Crippen LogP contribution in [0.5, 0.6) is 0 Å². The van der Waals surface area contributed by atoms with Gasteiger partial charge in [-0.1, -0.05) is 30.3 Å². The highest BCUT2D eigenvalue weighted by Gasteiger charge is 2.17. The Labute approximate surface area is 126 Å². The van der Waals surface area contributed by atoms with Crippen LogP contribution >= 0.6 is 0 Å². The summed E-state index contributed by atoms with van der Waals surface area (Å²) in [5.41, 5.74) is 2.40. The first kappa shape index (κ1) is 13.8. The van der Waals surface area contributed by atoms with Gasteiger partial charge in [-0.25, -0.2) is 0 Å². The number of rotatable bonds is 2. The maximum Gasteiger partial charge on any atom is 0.129 e. The Morgan fingerprint density at radius 1 is 1.00 bits per heavy atom. The van der Waals surface area contributed by atoms with E-state index in [-0.39, 0.29) is 6.04 Å². The zero-order valence-electron chi connectivity index (χ0n) is 12.4. The first-order valence-electron chi connectivity index (χ1n) is 7.62. The third-order valence-corrected chi connectivity index (χ3v) is 3.92. The zero-order chi connectivity index (χ0) is 14.5. The maximum atomic E-state index is 5.00. The van der Waals surface area contributed by atoms with Crippen LogP contribution in [-0.4, -0.2) is 16.9 Å². The summed E-state index contributed by atoms with van der Waals surface area (Å²) in [6, 6.07) is 15.2. The molecule has 1 aromatic carbocycles. The monoisotopic (exact) mass is 279 g/mol. The fourth-order valence-corrected chi connectivity index (χ4v) is 2.76. The van der Waals surface area contributed by atoms with Crippen LogP contribution in [-0.2, 0) is 0 Å². The summed E-state index contributed by atoms with van der Waals surface area (Å²) in [6.45, 7) is 2.23. The van der Waals surface area contributed by atoms with E-state index < -0.39 is 0 Å². The van der Waals surface area contributed by atoms with Crippen molar-refractivity contribution in [2.45, 2.75) is 38.3 Å². The SMILES string of the molecule is CC1CCCC(c2ccncc2)N=C(c2ccccc2)N1. The summed E-state index contributed by atoms with van der Waals surface area (Å²) in [5.74, 6) is 1.00. The van der Waals surface area contributed by atoms with E-state index in [0.717, 1.165) is 17.8 Å². The molecule has 1 aromatic heterocycles. The van der Waals surface area contributed by atoms with Crippen LogP contribution < -0.4 is 5.32 Å². The molecule has 2 atom stereocenters. The van der Waals surface area contributed by atoms with Gasteiger partial charge in [0.25, 0.3) is 0 Å². The molecule has 3 heteroatoms. The average Bonchev–Trinajstić information content (AvgIpc) is 2.52. The van der Waals surface area contributed by atoms with Crippen LogP contribution in [0.1, 0.15) is 43.4 Å². The predicted octanol–water partition coefficient (Wildman–Crippen LogP) is 3.73. The normalized spacial score (nSPS) is 22.6. The van der Waals surface area contributed by atoms with Crippen molar-refractivity contribution in [3.63, 3.8) is 0 Å². The highest BCUT2D eigenvalue weighted by atomic mass is 15.0. The molecule has 0 bridgehead atoms. The lowest BCUT2D eigenvalue weighted by Gasteiger charge is -2.24. The van der Waals surface area contributed by atoms with Gasteiger partial charge in [0.05, 0.1) is 6.04 Å². The van der Waals surface area contributed by atoms with E-state index in [2.05, 4.69) is 53.6 Å². The molecule has 0 fully saturated rings. The van der Waals surface area contributed by atoms with E-state index in [1.807, 2.05) is 18.5 Å². The fourth-order valence-electron chi connectivity index (χ4n) is 2.76. The van der Waals surface area contributed by atoms with Gasteiger partial charge in [-0.15, -0.1) is 0 Å². The lowest BCUT2D eigenvalue weighted by molar-refractivity contribution is 0.503. The molecule has 0 spiro atoms. The molecule has 0 radical (unpaired) electrons. The number of benzene rings is 1. The smallest absolute Gasteiger partial charge is 0.129 e. The first-order chi connectivity index (χ1) is 10.3. The number of nitrogens with zero attached hydrogens (tertiary/aromatic N) is 2. The second-order valence-corrected chi connectivity index (χ2v) is 5.62. The van der Waals surface area contributed by atoms with Crippen LogP contribution in [0.4, 0.5) is 0 Å². The Kier molecular flexibility index (Phi) is 4.29. The summed E-state index contributed by atoms with van der Waals surface area (Å²) in [4.78, 5) is 9.11. The minimum absolute atomic E-state index is 0.211. The van der Waals surface area contributed by atoms with Crippen molar-refractivity contribution in [2.24, 2.45) is 4.99 Å². The van der Waals surface area contributed by atoms with E-state index in [0.29, 0.717) is 6.04 Å². The van der Waals surface area contributed by atoms with E-state index in [9.17, 15) is 0 Å². The third kappa shape index (κ3) is 3.48. The Morgan fingerprint density at radius 2 is 1.76 bits per heavy atom. The Balaban J connectivity index is 1.96. The molecule has 1 aliphatic heterocycles. The highest BCUT2D eigenvalue weighted by Crippen LogP contribution is 2.26. The van der Waals surface area contributed by atoms with Gasteiger partial charge in [0.15, 0.2) is 0 Å². The first-order valence-corrected chi connectivity index (χ1v) is 7.62. The summed E-state index contributed by atoms with van der Waals surface area (Å²) in [7, 11) is 0. The van der Waals surface area contributed by atoms with Gasteiger partial charge < -0.3 is 5.32 Å². The molecule has 0 saturated carbocycles. The van der Waals surface area contributed by atoms with Crippen LogP contribution in [0, 0.1) is 0 Å². The maximum absolute atomic E-state index is 5.00. The predicted molar refractivity (Wildman–Crippen MR) is 86.4 cm³/mol. The minimum atomic E-state index is 0.211. The topological polar surface area (TPSA) is 37.3 Å².